The summed E-state index contributed by atoms with van der Waals surface area (Å²) in [5, 5.41) is 12.0. The predicted octanol–water partition coefficient (Wildman–Crippen LogP) is 1.23. The number of hydrogen-bond acceptors (Lipinski definition) is 3. The van der Waals surface area contributed by atoms with Gasteiger partial charge in [-0.15, -0.1) is 6.58 Å². The lowest BCUT2D eigenvalue weighted by Crippen LogP contribution is -2.56. The molecule has 0 bridgehead atoms. The van der Waals surface area contributed by atoms with Crippen LogP contribution >= 0.6 is 0 Å². The number of ether oxygens (including phenoxy) is 1. The minimum absolute atomic E-state index is 0.366. The number of carboxylic acids is 1. The maximum absolute atomic E-state index is 12.2. The number of nitrogens with zero attached hydrogens (tertiary/aromatic N) is 1. The van der Waals surface area contributed by atoms with Crippen LogP contribution in [0.25, 0.3) is 0 Å². The van der Waals surface area contributed by atoms with Gasteiger partial charge in [-0.25, -0.2) is 9.59 Å². The van der Waals surface area contributed by atoms with Crippen molar-refractivity contribution in [3.8, 4) is 0 Å². The molecule has 2 amide bonds. The average molecular weight is 270 g/mol. The molecule has 0 atom stereocenters. The van der Waals surface area contributed by atoms with E-state index in [2.05, 4.69) is 11.9 Å². The number of carbonyl (C=O) groups excluding carboxylic acids is 1. The largest absolute Gasteiger partial charge is 0.480 e. The number of hydrogen-bond donors (Lipinski definition) is 2. The van der Waals surface area contributed by atoms with Gasteiger partial charge in [0.1, 0.15) is 5.54 Å². The summed E-state index contributed by atoms with van der Waals surface area (Å²) in [6, 6.07) is -0.374. The molecule has 0 heterocycles. The van der Waals surface area contributed by atoms with E-state index in [1.165, 1.54) is 4.90 Å². The second-order valence-corrected chi connectivity index (χ2v) is 4.75. The maximum Gasteiger partial charge on any atom is 0.329 e. The predicted molar refractivity (Wildman–Crippen MR) is 71.0 cm³/mol. The minimum Gasteiger partial charge on any atom is -0.480 e. The van der Waals surface area contributed by atoms with Crippen molar-refractivity contribution in [2.24, 2.45) is 0 Å². The van der Waals surface area contributed by atoms with Crippen molar-refractivity contribution in [2.75, 3.05) is 26.8 Å². The van der Waals surface area contributed by atoms with Crippen LogP contribution in [0.5, 0.6) is 0 Å². The third kappa shape index (κ3) is 3.96. The molecular formula is C13H22N2O4. The Kier molecular flexibility index (Phi) is 5.82. The quantitative estimate of drug-likeness (QED) is 0.682. The van der Waals surface area contributed by atoms with Gasteiger partial charge in [0.15, 0.2) is 0 Å². The van der Waals surface area contributed by atoms with Gasteiger partial charge in [0.05, 0.1) is 6.61 Å². The SMILES string of the molecule is C=CCN(CCOC)C(=O)NC1(C(=O)O)CCCC1. The Balaban J connectivity index is 2.68. The highest BCUT2D eigenvalue weighted by molar-refractivity contribution is 5.86. The van der Waals surface area contributed by atoms with Gasteiger partial charge in [-0.1, -0.05) is 18.9 Å². The molecule has 0 spiro atoms. The first-order valence-electron chi connectivity index (χ1n) is 6.46. The molecule has 2 N–H and O–H groups in total. The number of carbonyl (C=O) groups is 2. The highest BCUT2D eigenvalue weighted by Crippen LogP contribution is 2.30. The summed E-state index contributed by atoms with van der Waals surface area (Å²) in [7, 11) is 1.56. The van der Waals surface area contributed by atoms with Gasteiger partial charge in [-0.3, -0.25) is 0 Å². The van der Waals surface area contributed by atoms with Crippen LogP contribution < -0.4 is 5.32 Å². The summed E-state index contributed by atoms with van der Waals surface area (Å²) in [5.74, 6) is -0.955. The normalized spacial score (nSPS) is 16.9. The van der Waals surface area contributed by atoms with Crippen molar-refractivity contribution >= 4 is 12.0 Å². The lowest BCUT2D eigenvalue weighted by molar-refractivity contribution is -0.144. The molecule has 0 radical (unpaired) electrons. The molecule has 108 valence electrons. The van der Waals surface area contributed by atoms with Crippen molar-refractivity contribution in [2.45, 2.75) is 31.2 Å². The van der Waals surface area contributed by atoms with Crippen molar-refractivity contribution in [1.29, 1.82) is 0 Å². The van der Waals surface area contributed by atoms with Crippen LogP contribution in [0.3, 0.4) is 0 Å². The summed E-state index contributed by atoms with van der Waals surface area (Å²) < 4.78 is 4.94. The Morgan fingerprint density at radius 2 is 2.11 bits per heavy atom. The first-order chi connectivity index (χ1) is 9.05. The highest BCUT2D eigenvalue weighted by Gasteiger charge is 2.43. The lowest BCUT2D eigenvalue weighted by Gasteiger charge is -2.29. The van der Waals surface area contributed by atoms with E-state index in [9.17, 15) is 14.7 Å². The summed E-state index contributed by atoms with van der Waals surface area (Å²) in [6.07, 6.45) is 4.23. The summed E-state index contributed by atoms with van der Waals surface area (Å²) >= 11 is 0. The van der Waals surface area contributed by atoms with Gasteiger partial charge in [0, 0.05) is 20.2 Å². The summed E-state index contributed by atoms with van der Waals surface area (Å²) in [5.41, 5.74) is -1.11. The Bertz CT molecular complexity index is 338. The fraction of sp³-hybridized carbons (Fsp3) is 0.692. The van der Waals surface area contributed by atoms with Crippen LogP contribution in [0.2, 0.25) is 0 Å². The first-order valence-corrected chi connectivity index (χ1v) is 6.46. The van der Waals surface area contributed by atoms with Gasteiger partial charge < -0.3 is 20.1 Å². The summed E-state index contributed by atoms with van der Waals surface area (Å²) in [4.78, 5) is 25.0. The molecule has 0 aromatic carbocycles. The molecule has 1 saturated carbocycles. The second kappa shape index (κ2) is 7.13. The number of nitrogens with one attached hydrogen (secondary N) is 1. The van der Waals surface area contributed by atoms with Crippen LogP contribution in [0.1, 0.15) is 25.7 Å². The van der Waals surface area contributed by atoms with Crippen molar-refractivity contribution in [3.63, 3.8) is 0 Å². The Labute approximate surface area is 113 Å². The van der Waals surface area contributed by atoms with Crippen LogP contribution in [-0.2, 0) is 9.53 Å². The Morgan fingerprint density at radius 3 is 2.58 bits per heavy atom. The molecule has 0 saturated heterocycles. The van der Waals surface area contributed by atoms with E-state index in [0.717, 1.165) is 12.8 Å². The molecule has 0 aromatic rings. The summed E-state index contributed by atoms with van der Waals surface area (Å²) in [6.45, 7) is 4.77. The van der Waals surface area contributed by atoms with Gasteiger partial charge in [0.25, 0.3) is 0 Å². The zero-order valence-electron chi connectivity index (χ0n) is 11.4. The van der Waals surface area contributed by atoms with Crippen LogP contribution in [0, 0.1) is 0 Å². The number of rotatable bonds is 7. The van der Waals surface area contributed by atoms with Crippen LogP contribution in [0.4, 0.5) is 4.79 Å². The van der Waals surface area contributed by atoms with Crippen molar-refractivity contribution in [1.82, 2.24) is 10.2 Å². The fourth-order valence-corrected chi connectivity index (χ4v) is 2.29. The van der Waals surface area contributed by atoms with Gasteiger partial charge in [-0.2, -0.15) is 0 Å². The maximum atomic E-state index is 12.2. The molecule has 6 heteroatoms. The van der Waals surface area contributed by atoms with E-state index in [4.69, 9.17) is 4.74 Å². The lowest BCUT2D eigenvalue weighted by atomic mass is 9.98. The number of methoxy groups -OCH3 is 1. The van der Waals surface area contributed by atoms with Gasteiger partial charge >= 0.3 is 12.0 Å². The zero-order chi connectivity index (χ0) is 14.3. The second-order valence-electron chi connectivity index (χ2n) is 4.75. The van der Waals surface area contributed by atoms with E-state index in [1.54, 1.807) is 13.2 Å². The highest BCUT2D eigenvalue weighted by atomic mass is 16.5. The van der Waals surface area contributed by atoms with Crippen molar-refractivity contribution < 1.29 is 19.4 Å². The third-order valence-corrected chi connectivity index (χ3v) is 3.41. The molecular weight excluding hydrogens is 248 g/mol. The first kappa shape index (κ1) is 15.5. The molecule has 19 heavy (non-hydrogen) atoms. The fourth-order valence-electron chi connectivity index (χ4n) is 2.29. The van der Waals surface area contributed by atoms with Gasteiger partial charge in [0.2, 0.25) is 0 Å². The minimum atomic E-state index is -1.11. The number of urea groups is 1. The molecule has 0 aromatic heterocycles. The van der Waals surface area contributed by atoms with E-state index in [-0.39, 0.29) is 6.03 Å². The zero-order valence-corrected chi connectivity index (χ0v) is 11.4. The molecule has 6 nitrogen and oxygen atoms in total. The van der Waals surface area contributed by atoms with Crippen LogP contribution in [-0.4, -0.2) is 54.4 Å². The molecule has 1 aliphatic carbocycles. The Morgan fingerprint density at radius 1 is 1.47 bits per heavy atom. The number of aliphatic carboxylic acids is 1. The van der Waals surface area contributed by atoms with E-state index in [1.807, 2.05) is 0 Å². The van der Waals surface area contributed by atoms with E-state index >= 15 is 0 Å². The smallest absolute Gasteiger partial charge is 0.329 e. The molecule has 1 fully saturated rings. The third-order valence-electron chi connectivity index (χ3n) is 3.41. The number of amides is 2. The van der Waals surface area contributed by atoms with E-state index < -0.39 is 11.5 Å². The monoisotopic (exact) mass is 270 g/mol. The van der Waals surface area contributed by atoms with E-state index in [0.29, 0.717) is 32.5 Å². The molecule has 1 aliphatic rings. The number of carboxylic acid groups (broad SMARTS) is 1. The Hall–Kier alpha value is -1.56. The van der Waals surface area contributed by atoms with Crippen molar-refractivity contribution in [3.05, 3.63) is 12.7 Å². The molecule has 0 aliphatic heterocycles. The molecule has 0 unspecified atom stereocenters. The standard InChI is InChI=1S/C13H22N2O4/c1-3-8-15(9-10-19-2)12(18)14-13(11(16)17)6-4-5-7-13/h3H,1,4-10H2,2H3,(H,14,18)(H,16,17). The average Bonchev–Trinajstić information content (AvgIpc) is 2.84. The van der Waals surface area contributed by atoms with Gasteiger partial charge in [-0.05, 0) is 12.8 Å². The van der Waals surface area contributed by atoms with Crippen LogP contribution in [0.15, 0.2) is 12.7 Å². The topological polar surface area (TPSA) is 78.9 Å². The molecule has 1 rings (SSSR count).